The highest BCUT2D eigenvalue weighted by Crippen LogP contribution is 2.34. The number of aryl methyl sites for hydroxylation is 1. The molecule has 0 radical (unpaired) electrons. The van der Waals surface area contributed by atoms with Gasteiger partial charge in [-0.25, -0.2) is 4.79 Å². The van der Waals surface area contributed by atoms with Crippen LogP contribution in [0.2, 0.25) is 0 Å². The molecule has 0 aromatic carbocycles. The number of nitrogens with zero attached hydrogens (tertiary/aromatic N) is 2. The number of aromatic nitrogens is 2. The predicted molar refractivity (Wildman–Crippen MR) is 123 cm³/mol. The van der Waals surface area contributed by atoms with Gasteiger partial charge < -0.3 is 20.2 Å². The number of furan rings is 1. The quantitative estimate of drug-likeness (QED) is 0.426. The number of halogens is 1. The van der Waals surface area contributed by atoms with Gasteiger partial charge in [0.25, 0.3) is 11.8 Å². The monoisotopic (exact) mass is 522 g/mol. The highest BCUT2D eigenvalue weighted by Gasteiger charge is 2.26. The number of ether oxygens (including phenoxy) is 1. The molecule has 0 saturated heterocycles. The number of anilines is 1. The van der Waals surface area contributed by atoms with Gasteiger partial charge in [-0.15, -0.1) is 11.3 Å². The van der Waals surface area contributed by atoms with Gasteiger partial charge in [-0.2, -0.15) is 5.10 Å². The maximum Gasteiger partial charge on any atom is 0.341 e. The van der Waals surface area contributed by atoms with E-state index in [9.17, 15) is 14.4 Å². The van der Waals surface area contributed by atoms with Gasteiger partial charge in [-0.1, -0.05) is 6.92 Å². The molecule has 0 spiro atoms. The number of thiophene rings is 1. The van der Waals surface area contributed by atoms with Crippen LogP contribution in [0.5, 0.6) is 0 Å². The number of hydrogen-bond donors (Lipinski definition) is 2. The third-order valence-electron chi connectivity index (χ3n) is 4.72. The maximum absolute atomic E-state index is 12.8. The molecule has 3 rings (SSSR count). The minimum atomic E-state index is -0.686. The van der Waals surface area contributed by atoms with Gasteiger partial charge in [-0.05, 0) is 60.8 Å². The van der Waals surface area contributed by atoms with Gasteiger partial charge >= 0.3 is 5.97 Å². The SMILES string of the molecule is CCCOC(=O)c1c(NC(=O)c2ccc(Cn3nc(C)c(Br)c3C)o2)sc(C(N)=O)c1C. The van der Waals surface area contributed by atoms with Crippen molar-refractivity contribution in [3.8, 4) is 0 Å². The molecule has 0 aliphatic carbocycles. The Balaban J connectivity index is 1.82. The van der Waals surface area contributed by atoms with Crippen LogP contribution in [0, 0.1) is 20.8 Å². The van der Waals surface area contributed by atoms with Crippen LogP contribution >= 0.6 is 27.3 Å². The van der Waals surface area contributed by atoms with E-state index in [2.05, 4.69) is 26.3 Å². The first-order valence-corrected chi connectivity index (χ1v) is 11.4. The summed E-state index contributed by atoms with van der Waals surface area (Å²) < 4.78 is 13.6. The van der Waals surface area contributed by atoms with E-state index in [-0.39, 0.29) is 27.8 Å². The Morgan fingerprint density at radius 3 is 2.59 bits per heavy atom. The van der Waals surface area contributed by atoms with Crippen LogP contribution in [0.1, 0.15) is 66.6 Å². The molecule has 3 N–H and O–H groups in total. The van der Waals surface area contributed by atoms with E-state index in [1.165, 1.54) is 6.07 Å². The second-order valence-corrected chi connectivity index (χ2v) is 8.94. The Morgan fingerprint density at radius 2 is 2.00 bits per heavy atom. The molecule has 0 bridgehead atoms. The largest absolute Gasteiger partial charge is 0.462 e. The minimum absolute atomic E-state index is 0.0557. The zero-order valence-corrected chi connectivity index (χ0v) is 20.5. The van der Waals surface area contributed by atoms with Crippen molar-refractivity contribution in [2.75, 3.05) is 11.9 Å². The molecule has 3 aromatic heterocycles. The van der Waals surface area contributed by atoms with Crippen molar-refractivity contribution < 1.29 is 23.5 Å². The van der Waals surface area contributed by atoms with E-state index >= 15 is 0 Å². The van der Waals surface area contributed by atoms with Crippen molar-refractivity contribution in [3.05, 3.63) is 55.5 Å². The van der Waals surface area contributed by atoms with Gasteiger partial charge in [-0.3, -0.25) is 14.3 Å². The van der Waals surface area contributed by atoms with E-state index in [4.69, 9.17) is 14.9 Å². The summed E-state index contributed by atoms with van der Waals surface area (Å²) in [6, 6.07) is 3.22. The highest BCUT2D eigenvalue weighted by molar-refractivity contribution is 9.10. The van der Waals surface area contributed by atoms with E-state index in [1.807, 2.05) is 20.8 Å². The molecule has 0 atom stereocenters. The van der Waals surface area contributed by atoms with Gasteiger partial charge in [0.2, 0.25) is 0 Å². The number of nitrogens with two attached hydrogens (primary N) is 1. The molecule has 3 heterocycles. The first kappa shape index (κ1) is 23.7. The van der Waals surface area contributed by atoms with Crippen LogP contribution in [0.4, 0.5) is 5.00 Å². The van der Waals surface area contributed by atoms with Gasteiger partial charge in [0.15, 0.2) is 5.76 Å². The van der Waals surface area contributed by atoms with Crippen molar-refractivity contribution >= 4 is 50.1 Å². The Hall–Kier alpha value is -2.92. The number of hydrogen-bond acceptors (Lipinski definition) is 7. The van der Waals surface area contributed by atoms with Crippen LogP contribution in [-0.4, -0.2) is 34.2 Å². The summed E-state index contributed by atoms with van der Waals surface area (Å²) in [6.45, 7) is 7.84. The second-order valence-electron chi connectivity index (χ2n) is 7.12. The van der Waals surface area contributed by atoms with Crippen molar-refractivity contribution in [1.29, 1.82) is 0 Å². The lowest BCUT2D eigenvalue weighted by molar-refractivity contribution is 0.0506. The lowest BCUT2D eigenvalue weighted by atomic mass is 10.1. The molecule has 32 heavy (non-hydrogen) atoms. The third-order valence-corrected chi connectivity index (χ3v) is 7.09. The lowest BCUT2D eigenvalue weighted by Gasteiger charge is -2.07. The zero-order chi connectivity index (χ0) is 23.6. The second kappa shape index (κ2) is 9.70. The normalized spacial score (nSPS) is 10.9. The molecule has 3 aromatic rings. The van der Waals surface area contributed by atoms with Crippen LogP contribution in [0.3, 0.4) is 0 Å². The summed E-state index contributed by atoms with van der Waals surface area (Å²) in [5, 5.41) is 7.26. The zero-order valence-electron chi connectivity index (χ0n) is 18.1. The van der Waals surface area contributed by atoms with Crippen LogP contribution < -0.4 is 11.1 Å². The first-order valence-electron chi connectivity index (χ1n) is 9.83. The Labute approximate surface area is 197 Å². The molecule has 9 nitrogen and oxygen atoms in total. The molecular formula is C21H23BrN4O5S. The number of amides is 2. The molecular weight excluding hydrogens is 500 g/mol. The average Bonchev–Trinajstić information content (AvgIpc) is 3.40. The fraction of sp³-hybridized carbons (Fsp3) is 0.333. The van der Waals surface area contributed by atoms with Crippen LogP contribution in [0.15, 0.2) is 21.0 Å². The first-order chi connectivity index (χ1) is 15.1. The molecule has 0 fully saturated rings. The van der Waals surface area contributed by atoms with E-state index in [0.29, 0.717) is 24.3 Å². The number of nitrogens with one attached hydrogen (secondary N) is 1. The van der Waals surface area contributed by atoms with E-state index in [1.54, 1.807) is 17.7 Å². The fourth-order valence-corrected chi connectivity index (χ4v) is 4.40. The number of esters is 1. The Morgan fingerprint density at radius 1 is 1.28 bits per heavy atom. The molecule has 0 unspecified atom stereocenters. The summed E-state index contributed by atoms with van der Waals surface area (Å²) >= 11 is 4.41. The standard InChI is InChI=1S/C21H23BrN4O5S/c1-5-8-30-21(29)15-10(2)17(18(23)27)32-20(15)24-19(28)14-7-6-13(31-14)9-26-12(4)16(22)11(3)25-26/h6-7H,5,8-9H2,1-4H3,(H2,23,27)(H,24,28). The van der Waals surface area contributed by atoms with E-state index < -0.39 is 17.8 Å². The lowest BCUT2D eigenvalue weighted by Crippen LogP contribution is -2.15. The van der Waals surface area contributed by atoms with E-state index in [0.717, 1.165) is 27.2 Å². The number of carbonyl (C=O) groups is 3. The van der Waals surface area contributed by atoms with Gasteiger partial charge in [0.1, 0.15) is 10.8 Å². The molecule has 0 aliphatic rings. The molecule has 170 valence electrons. The summed E-state index contributed by atoms with van der Waals surface area (Å²) in [5.41, 5.74) is 7.69. The summed E-state index contributed by atoms with van der Waals surface area (Å²) in [5.74, 6) is -1.28. The maximum atomic E-state index is 12.8. The summed E-state index contributed by atoms with van der Waals surface area (Å²) in [6.07, 6.45) is 0.639. The molecule has 2 amide bonds. The predicted octanol–water partition coefficient (Wildman–Crippen LogP) is 4.19. The Kier molecular flexibility index (Phi) is 7.19. The van der Waals surface area contributed by atoms with Crippen LogP contribution in [0.25, 0.3) is 0 Å². The number of rotatable bonds is 8. The molecule has 11 heteroatoms. The van der Waals surface area contributed by atoms with Gasteiger partial charge in [0.05, 0.1) is 39.5 Å². The third kappa shape index (κ3) is 4.78. The van der Waals surface area contributed by atoms with Crippen molar-refractivity contribution in [3.63, 3.8) is 0 Å². The topological polar surface area (TPSA) is 129 Å². The smallest absolute Gasteiger partial charge is 0.341 e. The molecule has 0 saturated carbocycles. The highest BCUT2D eigenvalue weighted by atomic mass is 79.9. The average molecular weight is 523 g/mol. The summed E-state index contributed by atoms with van der Waals surface area (Å²) in [7, 11) is 0. The number of carbonyl (C=O) groups excluding carboxylic acids is 3. The van der Waals surface area contributed by atoms with Crippen molar-refractivity contribution in [2.24, 2.45) is 5.73 Å². The fourth-order valence-electron chi connectivity index (χ4n) is 3.08. The molecule has 0 aliphatic heterocycles. The van der Waals surface area contributed by atoms with Crippen molar-refractivity contribution in [2.45, 2.75) is 40.7 Å². The van der Waals surface area contributed by atoms with Crippen molar-refractivity contribution in [1.82, 2.24) is 9.78 Å². The number of primary amides is 1. The van der Waals surface area contributed by atoms with Crippen LogP contribution in [-0.2, 0) is 11.3 Å². The minimum Gasteiger partial charge on any atom is -0.462 e. The van der Waals surface area contributed by atoms with Gasteiger partial charge in [0, 0.05) is 0 Å². The Bertz CT molecular complexity index is 1190. The summed E-state index contributed by atoms with van der Waals surface area (Å²) in [4.78, 5) is 37.2.